The van der Waals surface area contributed by atoms with Gasteiger partial charge in [0.2, 0.25) is 5.89 Å². The van der Waals surface area contributed by atoms with Crippen LogP contribution in [0.5, 0.6) is 0 Å². The van der Waals surface area contributed by atoms with Gasteiger partial charge in [0.25, 0.3) is 0 Å². The van der Waals surface area contributed by atoms with Crippen LogP contribution in [0.4, 0.5) is 0 Å². The first-order chi connectivity index (χ1) is 10.7. The van der Waals surface area contributed by atoms with Crippen molar-refractivity contribution in [2.45, 2.75) is 6.61 Å². The van der Waals surface area contributed by atoms with Gasteiger partial charge in [-0.2, -0.15) is 0 Å². The number of oxazole rings is 1. The number of benzene rings is 2. The predicted molar refractivity (Wildman–Crippen MR) is 84.3 cm³/mol. The summed E-state index contributed by atoms with van der Waals surface area (Å²) in [6, 6.07) is 14.6. The molecule has 3 aromatic rings. The molecule has 4 nitrogen and oxygen atoms in total. The van der Waals surface area contributed by atoms with Crippen molar-refractivity contribution >= 4 is 34.7 Å². The third-order valence-electron chi connectivity index (χ3n) is 3.00. The Morgan fingerprint density at radius 3 is 2.77 bits per heavy atom. The molecule has 0 fully saturated rings. The second-order valence-corrected chi connectivity index (χ2v) is 4.96. The monoisotopic (exact) mass is 313 g/mol. The predicted octanol–water partition coefficient (Wildman–Crippen LogP) is 4.24. The van der Waals surface area contributed by atoms with Crippen LogP contribution in [0, 0.1) is 0 Å². The van der Waals surface area contributed by atoms with Gasteiger partial charge in [0, 0.05) is 22.7 Å². The van der Waals surface area contributed by atoms with Crippen molar-refractivity contribution in [2.24, 2.45) is 0 Å². The van der Waals surface area contributed by atoms with Crippen molar-refractivity contribution < 1.29 is 13.9 Å². The van der Waals surface area contributed by atoms with Crippen LogP contribution >= 0.6 is 11.6 Å². The molecule has 5 heteroatoms. The lowest BCUT2D eigenvalue weighted by Crippen LogP contribution is -2.01. The number of halogens is 1. The molecule has 3 rings (SSSR count). The van der Waals surface area contributed by atoms with Crippen LogP contribution in [0.25, 0.3) is 17.2 Å². The van der Waals surface area contributed by atoms with Gasteiger partial charge >= 0.3 is 5.97 Å². The molecule has 22 heavy (non-hydrogen) atoms. The number of para-hydroxylation sites is 2. The lowest BCUT2D eigenvalue weighted by molar-refractivity contribution is -0.138. The molecule has 0 amide bonds. The second kappa shape index (κ2) is 6.45. The molecule has 110 valence electrons. The number of rotatable bonds is 4. The van der Waals surface area contributed by atoms with Crippen LogP contribution in [-0.2, 0) is 16.1 Å². The van der Waals surface area contributed by atoms with Gasteiger partial charge in [0.15, 0.2) is 5.58 Å². The molecule has 0 spiro atoms. The van der Waals surface area contributed by atoms with Crippen molar-refractivity contribution in [3.05, 3.63) is 71.1 Å². The molecule has 2 aromatic carbocycles. The number of esters is 1. The highest BCUT2D eigenvalue weighted by Crippen LogP contribution is 2.17. The van der Waals surface area contributed by atoms with E-state index in [1.807, 2.05) is 36.4 Å². The molecule has 0 saturated carbocycles. The Labute approximate surface area is 132 Å². The van der Waals surface area contributed by atoms with Crippen LogP contribution in [0.15, 0.2) is 59.0 Å². The summed E-state index contributed by atoms with van der Waals surface area (Å²) in [6.45, 7) is 0.121. The summed E-state index contributed by atoms with van der Waals surface area (Å²) in [5.74, 6) is -0.127. The van der Waals surface area contributed by atoms with Gasteiger partial charge in [-0.05, 0) is 18.2 Å². The number of hydrogen-bond acceptors (Lipinski definition) is 4. The largest absolute Gasteiger partial charge is 0.458 e. The fourth-order valence-electron chi connectivity index (χ4n) is 1.91. The highest BCUT2D eigenvalue weighted by molar-refractivity contribution is 6.31. The quantitative estimate of drug-likeness (QED) is 0.534. The number of carbonyl (C=O) groups excluding carboxylic acids is 1. The summed E-state index contributed by atoms with van der Waals surface area (Å²) in [7, 11) is 0. The van der Waals surface area contributed by atoms with E-state index in [9.17, 15) is 4.79 Å². The van der Waals surface area contributed by atoms with E-state index in [1.165, 1.54) is 12.2 Å². The van der Waals surface area contributed by atoms with E-state index in [4.69, 9.17) is 20.8 Å². The van der Waals surface area contributed by atoms with Gasteiger partial charge in [-0.25, -0.2) is 9.78 Å². The summed E-state index contributed by atoms with van der Waals surface area (Å²) >= 11 is 5.99. The smallest absolute Gasteiger partial charge is 0.331 e. The molecular formula is C17H12ClNO3. The molecule has 0 bridgehead atoms. The molecule has 0 N–H and O–H groups in total. The summed E-state index contributed by atoms with van der Waals surface area (Å²) in [4.78, 5) is 15.9. The van der Waals surface area contributed by atoms with Gasteiger partial charge in [-0.3, -0.25) is 0 Å². The fraction of sp³-hybridized carbons (Fsp3) is 0.0588. The summed E-state index contributed by atoms with van der Waals surface area (Å²) in [5.41, 5.74) is 2.17. The van der Waals surface area contributed by atoms with E-state index < -0.39 is 5.97 Å². The number of aromatic nitrogens is 1. The highest BCUT2D eigenvalue weighted by Gasteiger charge is 2.04. The maximum atomic E-state index is 11.7. The van der Waals surface area contributed by atoms with Gasteiger partial charge in [-0.15, -0.1) is 0 Å². The van der Waals surface area contributed by atoms with E-state index in [1.54, 1.807) is 12.1 Å². The Morgan fingerprint density at radius 1 is 1.18 bits per heavy atom. The molecule has 0 aliphatic carbocycles. The Kier molecular flexibility index (Phi) is 4.21. The van der Waals surface area contributed by atoms with Crippen molar-refractivity contribution in [1.82, 2.24) is 4.98 Å². The minimum atomic E-state index is -0.484. The van der Waals surface area contributed by atoms with Gasteiger partial charge in [-0.1, -0.05) is 41.9 Å². The topological polar surface area (TPSA) is 52.3 Å². The lowest BCUT2D eigenvalue weighted by atomic mass is 10.2. The molecular weight excluding hydrogens is 302 g/mol. The molecule has 1 aromatic heterocycles. The van der Waals surface area contributed by atoms with Crippen molar-refractivity contribution in [1.29, 1.82) is 0 Å². The SMILES string of the molecule is O=C(/C=C/c1nc2ccccc2o1)OCc1ccccc1Cl. The lowest BCUT2D eigenvalue weighted by Gasteiger charge is -2.03. The Balaban J connectivity index is 1.62. The minimum Gasteiger partial charge on any atom is -0.458 e. The van der Waals surface area contributed by atoms with Crippen molar-refractivity contribution in [2.75, 3.05) is 0 Å². The standard InChI is InChI=1S/C17H12ClNO3/c18-13-6-2-1-5-12(13)11-21-17(20)10-9-16-19-14-7-3-4-8-15(14)22-16/h1-10H,11H2/b10-9+. The molecule has 0 aliphatic heterocycles. The number of carbonyl (C=O) groups is 1. The van der Waals surface area contributed by atoms with Crippen molar-refractivity contribution in [3.8, 4) is 0 Å². The third kappa shape index (κ3) is 3.35. The summed E-state index contributed by atoms with van der Waals surface area (Å²) < 4.78 is 10.6. The zero-order chi connectivity index (χ0) is 15.4. The first-order valence-electron chi connectivity index (χ1n) is 6.66. The normalized spacial score (nSPS) is 11.1. The fourth-order valence-corrected chi connectivity index (χ4v) is 2.10. The van der Waals surface area contributed by atoms with E-state index >= 15 is 0 Å². The second-order valence-electron chi connectivity index (χ2n) is 4.55. The van der Waals surface area contributed by atoms with Gasteiger partial charge < -0.3 is 9.15 Å². The zero-order valence-corrected chi connectivity index (χ0v) is 12.3. The molecule has 0 atom stereocenters. The summed E-state index contributed by atoms with van der Waals surface area (Å²) in [6.07, 6.45) is 2.76. The van der Waals surface area contributed by atoms with Crippen LogP contribution in [-0.4, -0.2) is 11.0 Å². The maximum absolute atomic E-state index is 11.7. The molecule has 1 heterocycles. The zero-order valence-electron chi connectivity index (χ0n) is 11.5. The van der Waals surface area contributed by atoms with E-state index in [-0.39, 0.29) is 6.61 Å². The average molecular weight is 314 g/mol. The van der Waals surface area contributed by atoms with Crippen LogP contribution in [0.2, 0.25) is 5.02 Å². The number of fused-ring (bicyclic) bond motifs is 1. The Bertz CT molecular complexity index is 806. The van der Waals surface area contributed by atoms with Crippen molar-refractivity contribution in [3.63, 3.8) is 0 Å². The van der Waals surface area contributed by atoms with Crippen LogP contribution in [0.1, 0.15) is 11.5 Å². The summed E-state index contributed by atoms with van der Waals surface area (Å²) in [5, 5.41) is 0.568. The maximum Gasteiger partial charge on any atom is 0.331 e. The molecule has 0 saturated heterocycles. The average Bonchev–Trinajstić information content (AvgIpc) is 2.95. The molecule has 0 radical (unpaired) electrons. The van der Waals surface area contributed by atoms with E-state index in [0.717, 1.165) is 11.1 Å². The number of hydrogen-bond donors (Lipinski definition) is 0. The van der Waals surface area contributed by atoms with E-state index in [2.05, 4.69) is 4.98 Å². The highest BCUT2D eigenvalue weighted by atomic mass is 35.5. The third-order valence-corrected chi connectivity index (χ3v) is 3.37. The van der Waals surface area contributed by atoms with Gasteiger partial charge in [0.1, 0.15) is 12.1 Å². The van der Waals surface area contributed by atoms with Gasteiger partial charge in [0.05, 0.1) is 0 Å². The Hall–Kier alpha value is -2.59. The molecule has 0 unspecified atom stereocenters. The first kappa shape index (κ1) is 14.4. The Morgan fingerprint density at radius 2 is 1.95 bits per heavy atom. The molecule has 0 aliphatic rings. The van der Waals surface area contributed by atoms with E-state index in [0.29, 0.717) is 16.5 Å². The van der Waals surface area contributed by atoms with Crippen LogP contribution in [0.3, 0.4) is 0 Å². The number of nitrogens with zero attached hydrogens (tertiary/aromatic N) is 1. The first-order valence-corrected chi connectivity index (χ1v) is 7.04. The minimum absolute atomic E-state index is 0.121. The number of ether oxygens (including phenoxy) is 1. The van der Waals surface area contributed by atoms with Crippen LogP contribution < -0.4 is 0 Å².